The molecule has 2 N–H and O–H groups in total. The number of aromatic amines is 1. The van der Waals surface area contributed by atoms with E-state index < -0.39 is 0 Å². The zero-order valence-electron chi connectivity index (χ0n) is 12.6. The monoisotopic (exact) mass is 325 g/mol. The van der Waals surface area contributed by atoms with Gasteiger partial charge in [0.2, 0.25) is 5.91 Å². The number of amides is 1. The van der Waals surface area contributed by atoms with Gasteiger partial charge in [-0.2, -0.15) is 0 Å². The number of hydrogen-bond donors (Lipinski definition) is 2. The van der Waals surface area contributed by atoms with Crippen LogP contribution in [0.2, 0.25) is 0 Å². The van der Waals surface area contributed by atoms with E-state index in [0.29, 0.717) is 23.0 Å². The summed E-state index contributed by atoms with van der Waals surface area (Å²) in [5, 5.41) is 3.99. The van der Waals surface area contributed by atoms with Crippen molar-refractivity contribution in [3.8, 4) is 0 Å². The van der Waals surface area contributed by atoms with E-state index in [2.05, 4.69) is 15.3 Å². The van der Waals surface area contributed by atoms with Gasteiger partial charge >= 0.3 is 0 Å². The van der Waals surface area contributed by atoms with Crippen LogP contribution in [0.25, 0.3) is 10.2 Å². The number of thioether (sulfide) groups is 1. The number of thiophene rings is 1. The van der Waals surface area contributed by atoms with Gasteiger partial charge in [0, 0.05) is 11.4 Å². The number of aryl methyl sites for hydroxylation is 2. The van der Waals surface area contributed by atoms with Crippen molar-refractivity contribution < 1.29 is 4.79 Å². The lowest BCUT2D eigenvalue weighted by Gasteiger charge is -2.06. The predicted octanol–water partition coefficient (Wildman–Crippen LogP) is 2.47. The maximum absolute atomic E-state index is 12.1. The van der Waals surface area contributed by atoms with Crippen LogP contribution in [0.3, 0.4) is 0 Å². The highest BCUT2D eigenvalue weighted by Gasteiger charge is 2.12. The highest BCUT2D eigenvalue weighted by molar-refractivity contribution is 7.99. The van der Waals surface area contributed by atoms with Crippen molar-refractivity contribution in [1.29, 1.82) is 0 Å². The lowest BCUT2D eigenvalue weighted by atomic mass is 10.2. The molecule has 21 heavy (non-hydrogen) atoms. The Morgan fingerprint density at radius 3 is 2.81 bits per heavy atom. The molecular formula is C14H19N3O2S2. The van der Waals surface area contributed by atoms with Crippen LogP contribution in [-0.2, 0) is 4.79 Å². The molecule has 114 valence electrons. The van der Waals surface area contributed by atoms with Gasteiger partial charge in [0.1, 0.15) is 4.83 Å². The van der Waals surface area contributed by atoms with Gasteiger partial charge in [0.25, 0.3) is 5.56 Å². The van der Waals surface area contributed by atoms with Crippen molar-refractivity contribution in [2.45, 2.75) is 32.9 Å². The molecule has 0 fully saturated rings. The molecule has 2 rings (SSSR count). The average Bonchev–Trinajstić information content (AvgIpc) is 2.69. The third-order valence-electron chi connectivity index (χ3n) is 3.06. The SMILES string of the molecule is Cc1sc2nc(SCC(=O)NCC(C)C)[nH]c(=O)c2c1C. The molecule has 0 spiro atoms. The highest BCUT2D eigenvalue weighted by Crippen LogP contribution is 2.27. The molecular weight excluding hydrogens is 306 g/mol. The Labute approximate surface area is 131 Å². The fourth-order valence-corrected chi connectivity index (χ4v) is 3.58. The van der Waals surface area contributed by atoms with Crippen LogP contribution in [0.5, 0.6) is 0 Å². The standard InChI is InChI=1S/C14H19N3O2S2/c1-7(2)5-15-10(18)6-20-14-16-12(19)11-8(3)9(4)21-13(11)17-14/h7H,5-6H2,1-4H3,(H,15,18)(H,16,17,19). The largest absolute Gasteiger partial charge is 0.355 e. The van der Waals surface area contributed by atoms with Crippen LogP contribution in [0.15, 0.2) is 9.95 Å². The number of H-pyrrole nitrogens is 1. The maximum Gasteiger partial charge on any atom is 0.260 e. The first-order valence-corrected chi connectivity index (χ1v) is 8.58. The fraction of sp³-hybridized carbons (Fsp3) is 0.500. The molecule has 0 aliphatic rings. The molecule has 0 aromatic carbocycles. The van der Waals surface area contributed by atoms with E-state index in [1.54, 1.807) is 0 Å². The van der Waals surface area contributed by atoms with E-state index in [4.69, 9.17) is 0 Å². The Morgan fingerprint density at radius 2 is 2.14 bits per heavy atom. The van der Waals surface area contributed by atoms with E-state index in [1.807, 2.05) is 27.7 Å². The average molecular weight is 325 g/mol. The van der Waals surface area contributed by atoms with Gasteiger partial charge < -0.3 is 10.3 Å². The number of hydrogen-bond acceptors (Lipinski definition) is 5. The van der Waals surface area contributed by atoms with Crippen molar-refractivity contribution in [3.63, 3.8) is 0 Å². The van der Waals surface area contributed by atoms with E-state index >= 15 is 0 Å². The van der Waals surface area contributed by atoms with Crippen molar-refractivity contribution in [2.75, 3.05) is 12.3 Å². The first-order valence-electron chi connectivity index (χ1n) is 6.78. The summed E-state index contributed by atoms with van der Waals surface area (Å²) in [5.41, 5.74) is 0.849. The number of carbonyl (C=O) groups excluding carboxylic acids is 1. The van der Waals surface area contributed by atoms with Crippen molar-refractivity contribution in [2.24, 2.45) is 5.92 Å². The lowest BCUT2D eigenvalue weighted by molar-refractivity contribution is -0.118. The Hall–Kier alpha value is -1.34. The molecule has 2 heterocycles. The summed E-state index contributed by atoms with van der Waals surface area (Å²) in [6.45, 7) is 8.65. The van der Waals surface area contributed by atoms with Crippen LogP contribution < -0.4 is 10.9 Å². The first kappa shape index (κ1) is 16.0. The molecule has 0 atom stereocenters. The summed E-state index contributed by atoms with van der Waals surface area (Å²) >= 11 is 2.76. The Morgan fingerprint density at radius 1 is 1.43 bits per heavy atom. The second-order valence-corrected chi connectivity index (χ2v) is 7.49. The summed E-state index contributed by atoms with van der Waals surface area (Å²) in [5.74, 6) is 0.630. The van der Waals surface area contributed by atoms with Crippen molar-refractivity contribution >= 4 is 39.2 Å². The Bertz CT molecular complexity index is 719. The molecule has 0 aliphatic heterocycles. The Balaban J connectivity index is 2.10. The molecule has 5 nitrogen and oxygen atoms in total. The molecule has 2 aromatic rings. The summed E-state index contributed by atoms with van der Waals surface area (Å²) in [6, 6.07) is 0. The molecule has 0 saturated carbocycles. The molecule has 0 aliphatic carbocycles. The lowest BCUT2D eigenvalue weighted by Crippen LogP contribution is -2.28. The van der Waals surface area contributed by atoms with E-state index in [9.17, 15) is 9.59 Å². The second-order valence-electron chi connectivity index (χ2n) is 5.32. The highest BCUT2D eigenvalue weighted by atomic mass is 32.2. The van der Waals surface area contributed by atoms with E-state index in [1.165, 1.54) is 23.1 Å². The minimum Gasteiger partial charge on any atom is -0.355 e. The third kappa shape index (κ3) is 3.85. The van der Waals surface area contributed by atoms with Crippen molar-refractivity contribution in [1.82, 2.24) is 15.3 Å². The number of fused-ring (bicyclic) bond motifs is 1. The van der Waals surface area contributed by atoms with Crippen LogP contribution in [0.1, 0.15) is 24.3 Å². The number of aromatic nitrogens is 2. The van der Waals surface area contributed by atoms with E-state index in [-0.39, 0.29) is 17.2 Å². The third-order valence-corrected chi connectivity index (χ3v) is 5.04. The number of nitrogens with one attached hydrogen (secondary N) is 2. The number of nitrogens with zero attached hydrogens (tertiary/aromatic N) is 1. The molecule has 0 bridgehead atoms. The van der Waals surface area contributed by atoms with Crippen LogP contribution in [-0.4, -0.2) is 28.2 Å². The van der Waals surface area contributed by atoms with Gasteiger partial charge in [0.15, 0.2) is 5.16 Å². The van der Waals surface area contributed by atoms with Crippen LogP contribution in [0.4, 0.5) is 0 Å². The molecule has 2 aromatic heterocycles. The topological polar surface area (TPSA) is 74.8 Å². The molecule has 0 unspecified atom stereocenters. The Kier molecular flexibility index (Phi) is 5.05. The van der Waals surface area contributed by atoms with Gasteiger partial charge in [-0.15, -0.1) is 11.3 Å². The second kappa shape index (κ2) is 6.62. The zero-order valence-corrected chi connectivity index (χ0v) is 14.2. The molecule has 0 radical (unpaired) electrons. The minimum absolute atomic E-state index is 0.0463. The van der Waals surface area contributed by atoms with Crippen LogP contribution >= 0.6 is 23.1 Å². The van der Waals surface area contributed by atoms with Crippen LogP contribution in [0, 0.1) is 19.8 Å². The predicted molar refractivity (Wildman–Crippen MR) is 88.3 cm³/mol. The van der Waals surface area contributed by atoms with Gasteiger partial charge in [-0.3, -0.25) is 9.59 Å². The maximum atomic E-state index is 12.1. The quantitative estimate of drug-likeness (QED) is 0.654. The van der Waals surface area contributed by atoms with Gasteiger partial charge in [-0.05, 0) is 25.3 Å². The summed E-state index contributed by atoms with van der Waals surface area (Å²) in [4.78, 5) is 32.8. The molecule has 7 heteroatoms. The zero-order chi connectivity index (χ0) is 15.6. The summed E-state index contributed by atoms with van der Waals surface area (Å²) in [6.07, 6.45) is 0. The van der Waals surface area contributed by atoms with E-state index in [0.717, 1.165) is 15.3 Å². The number of carbonyl (C=O) groups is 1. The molecule has 1 amide bonds. The normalized spacial score (nSPS) is 11.3. The number of rotatable bonds is 5. The summed E-state index contributed by atoms with van der Waals surface area (Å²) < 4.78 is 0. The minimum atomic E-state index is -0.132. The molecule has 0 saturated heterocycles. The smallest absolute Gasteiger partial charge is 0.260 e. The van der Waals surface area contributed by atoms with Gasteiger partial charge in [-0.25, -0.2) is 4.98 Å². The summed E-state index contributed by atoms with van der Waals surface area (Å²) in [7, 11) is 0. The van der Waals surface area contributed by atoms with Gasteiger partial charge in [-0.1, -0.05) is 25.6 Å². The van der Waals surface area contributed by atoms with Crippen molar-refractivity contribution in [3.05, 3.63) is 20.8 Å². The van der Waals surface area contributed by atoms with Gasteiger partial charge in [0.05, 0.1) is 11.1 Å². The fourth-order valence-electron chi connectivity index (χ4n) is 1.81. The first-order chi connectivity index (χ1) is 9.88.